The van der Waals surface area contributed by atoms with E-state index >= 15 is 0 Å². The van der Waals surface area contributed by atoms with Gasteiger partial charge in [0.25, 0.3) is 0 Å². The molecule has 20 heavy (non-hydrogen) atoms. The zero-order chi connectivity index (χ0) is 14.3. The minimum absolute atomic E-state index is 0.195. The lowest BCUT2D eigenvalue weighted by atomic mass is 10.1. The molecule has 0 saturated carbocycles. The molecule has 0 aliphatic heterocycles. The second-order valence-corrected chi connectivity index (χ2v) is 5.15. The Morgan fingerprint density at radius 2 is 1.75 bits per heavy atom. The molecule has 0 bridgehead atoms. The SMILES string of the molecule is Cc1cccc(-c2nc(Cl)c3cccc(F)c3n2)c1Cl. The molecule has 5 heteroatoms. The second-order valence-electron chi connectivity index (χ2n) is 4.41. The summed E-state index contributed by atoms with van der Waals surface area (Å²) in [5, 5.41) is 1.24. The third-order valence-electron chi connectivity index (χ3n) is 3.06. The van der Waals surface area contributed by atoms with E-state index in [1.165, 1.54) is 6.07 Å². The second kappa shape index (κ2) is 5.00. The fourth-order valence-electron chi connectivity index (χ4n) is 2.02. The Labute approximate surface area is 125 Å². The Morgan fingerprint density at radius 3 is 2.55 bits per heavy atom. The summed E-state index contributed by atoms with van der Waals surface area (Å²) in [5.41, 5.74) is 1.73. The van der Waals surface area contributed by atoms with Gasteiger partial charge in [0.15, 0.2) is 5.82 Å². The number of para-hydroxylation sites is 1. The highest BCUT2D eigenvalue weighted by molar-refractivity contribution is 6.35. The van der Waals surface area contributed by atoms with Crippen LogP contribution < -0.4 is 0 Å². The molecule has 0 atom stereocenters. The van der Waals surface area contributed by atoms with Crippen LogP contribution in [-0.4, -0.2) is 9.97 Å². The normalized spacial score (nSPS) is 11.0. The van der Waals surface area contributed by atoms with E-state index in [1.807, 2.05) is 19.1 Å². The quantitative estimate of drug-likeness (QED) is 0.588. The molecule has 0 aliphatic rings. The zero-order valence-corrected chi connectivity index (χ0v) is 12.0. The first-order chi connectivity index (χ1) is 9.58. The van der Waals surface area contributed by atoms with Crippen LogP contribution in [0.5, 0.6) is 0 Å². The van der Waals surface area contributed by atoms with Crippen molar-refractivity contribution < 1.29 is 4.39 Å². The average molecular weight is 307 g/mol. The highest BCUT2D eigenvalue weighted by atomic mass is 35.5. The molecule has 100 valence electrons. The molecule has 0 aliphatic carbocycles. The molecule has 3 rings (SSSR count). The van der Waals surface area contributed by atoms with Gasteiger partial charge in [-0.15, -0.1) is 0 Å². The highest BCUT2D eigenvalue weighted by Crippen LogP contribution is 2.31. The Bertz CT molecular complexity index is 818. The van der Waals surface area contributed by atoms with E-state index < -0.39 is 5.82 Å². The molecule has 0 radical (unpaired) electrons. The third-order valence-corrected chi connectivity index (χ3v) is 3.85. The molecule has 0 saturated heterocycles. The summed E-state index contributed by atoms with van der Waals surface area (Å²) >= 11 is 12.4. The number of hydrogen-bond acceptors (Lipinski definition) is 2. The van der Waals surface area contributed by atoms with Crippen LogP contribution in [0.2, 0.25) is 10.2 Å². The van der Waals surface area contributed by atoms with Crippen molar-refractivity contribution >= 4 is 34.1 Å². The number of rotatable bonds is 1. The number of hydrogen-bond donors (Lipinski definition) is 0. The largest absolute Gasteiger partial charge is 0.225 e. The van der Waals surface area contributed by atoms with Gasteiger partial charge in [-0.25, -0.2) is 14.4 Å². The fourth-order valence-corrected chi connectivity index (χ4v) is 2.46. The van der Waals surface area contributed by atoms with Crippen LogP contribution in [0, 0.1) is 12.7 Å². The van der Waals surface area contributed by atoms with Crippen molar-refractivity contribution in [1.82, 2.24) is 9.97 Å². The third kappa shape index (κ3) is 2.13. The number of benzene rings is 2. The maximum absolute atomic E-state index is 13.9. The van der Waals surface area contributed by atoms with Gasteiger partial charge in [0.05, 0.1) is 5.02 Å². The van der Waals surface area contributed by atoms with Crippen LogP contribution in [0.4, 0.5) is 4.39 Å². The van der Waals surface area contributed by atoms with Crippen molar-refractivity contribution in [2.45, 2.75) is 6.92 Å². The van der Waals surface area contributed by atoms with Crippen molar-refractivity contribution in [2.75, 3.05) is 0 Å². The van der Waals surface area contributed by atoms with E-state index in [0.717, 1.165) is 5.56 Å². The van der Waals surface area contributed by atoms with Crippen molar-refractivity contribution in [1.29, 1.82) is 0 Å². The lowest BCUT2D eigenvalue weighted by Crippen LogP contribution is -1.95. The van der Waals surface area contributed by atoms with Crippen LogP contribution >= 0.6 is 23.2 Å². The summed E-state index contributed by atoms with van der Waals surface area (Å²) in [6.07, 6.45) is 0. The Balaban J connectivity index is 2.33. The molecule has 0 spiro atoms. The van der Waals surface area contributed by atoms with Gasteiger partial charge in [-0.05, 0) is 30.7 Å². The zero-order valence-electron chi connectivity index (χ0n) is 10.5. The molecule has 0 N–H and O–H groups in total. The van der Waals surface area contributed by atoms with Gasteiger partial charge >= 0.3 is 0 Å². The van der Waals surface area contributed by atoms with E-state index in [0.29, 0.717) is 21.8 Å². The van der Waals surface area contributed by atoms with Crippen molar-refractivity contribution in [3.8, 4) is 11.4 Å². The predicted molar refractivity (Wildman–Crippen MR) is 79.7 cm³/mol. The molecule has 0 unspecified atom stereocenters. The maximum Gasteiger partial charge on any atom is 0.163 e. The maximum atomic E-state index is 13.9. The Morgan fingerprint density at radius 1 is 1.00 bits per heavy atom. The van der Waals surface area contributed by atoms with Gasteiger partial charge in [-0.1, -0.05) is 41.4 Å². The lowest BCUT2D eigenvalue weighted by molar-refractivity contribution is 0.636. The van der Waals surface area contributed by atoms with Crippen LogP contribution in [-0.2, 0) is 0 Å². The summed E-state index contributed by atoms with van der Waals surface area (Å²) < 4.78 is 13.9. The first-order valence-electron chi connectivity index (χ1n) is 5.95. The van der Waals surface area contributed by atoms with E-state index in [9.17, 15) is 4.39 Å². The summed E-state index contributed by atoms with van der Waals surface area (Å²) in [4.78, 5) is 8.47. The van der Waals surface area contributed by atoms with Gasteiger partial charge in [0, 0.05) is 10.9 Å². The van der Waals surface area contributed by atoms with E-state index in [1.54, 1.807) is 18.2 Å². The van der Waals surface area contributed by atoms with Crippen molar-refractivity contribution in [2.24, 2.45) is 0 Å². The summed E-state index contributed by atoms with van der Waals surface area (Å²) in [7, 11) is 0. The van der Waals surface area contributed by atoms with E-state index in [2.05, 4.69) is 9.97 Å². The molecular formula is C15H9Cl2FN2. The Hall–Kier alpha value is -1.71. The number of halogens is 3. The average Bonchev–Trinajstić information content (AvgIpc) is 2.43. The first kappa shape index (κ1) is 13.3. The number of fused-ring (bicyclic) bond motifs is 1. The minimum atomic E-state index is -0.433. The molecule has 2 aromatic carbocycles. The standard InChI is InChI=1S/C15H9Cl2FN2/c1-8-4-2-5-9(12(8)16)15-19-13-10(14(17)20-15)6-3-7-11(13)18/h2-7H,1H3. The molecule has 2 nitrogen and oxygen atoms in total. The Kier molecular flexibility index (Phi) is 3.32. The lowest BCUT2D eigenvalue weighted by Gasteiger charge is -2.08. The molecule has 1 heterocycles. The van der Waals surface area contributed by atoms with Crippen LogP contribution in [0.15, 0.2) is 36.4 Å². The molecule has 1 aromatic heterocycles. The van der Waals surface area contributed by atoms with Gasteiger partial charge in [0.2, 0.25) is 0 Å². The van der Waals surface area contributed by atoms with E-state index in [-0.39, 0.29) is 10.7 Å². The number of aromatic nitrogens is 2. The van der Waals surface area contributed by atoms with Gasteiger partial charge in [-0.2, -0.15) is 0 Å². The number of nitrogens with zero attached hydrogens (tertiary/aromatic N) is 2. The number of aryl methyl sites for hydroxylation is 1. The summed E-state index contributed by atoms with van der Waals surface area (Å²) in [6.45, 7) is 1.88. The van der Waals surface area contributed by atoms with Gasteiger partial charge in [0.1, 0.15) is 16.5 Å². The van der Waals surface area contributed by atoms with Crippen molar-refractivity contribution in [3.63, 3.8) is 0 Å². The van der Waals surface area contributed by atoms with Crippen LogP contribution in [0.3, 0.4) is 0 Å². The minimum Gasteiger partial charge on any atom is -0.225 e. The van der Waals surface area contributed by atoms with Crippen molar-refractivity contribution in [3.05, 3.63) is 58.0 Å². The molecule has 0 fully saturated rings. The van der Waals surface area contributed by atoms with Crippen LogP contribution in [0.1, 0.15) is 5.56 Å². The topological polar surface area (TPSA) is 25.8 Å². The molecule has 0 amide bonds. The highest BCUT2D eigenvalue weighted by Gasteiger charge is 2.13. The monoisotopic (exact) mass is 306 g/mol. The van der Waals surface area contributed by atoms with Gasteiger partial charge in [-0.3, -0.25) is 0 Å². The predicted octanol–water partition coefficient (Wildman–Crippen LogP) is 5.05. The summed E-state index contributed by atoms with van der Waals surface area (Å²) in [5.74, 6) is -0.113. The van der Waals surface area contributed by atoms with Crippen LogP contribution in [0.25, 0.3) is 22.3 Å². The molecular weight excluding hydrogens is 298 g/mol. The fraction of sp³-hybridized carbons (Fsp3) is 0.0667. The van der Waals surface area contributed by atoms with Gasteiger partial charge < -0.3 is 0 Å². The van der Waals surface area contributed by atoms with E-state index in [4.69, 9.17) is 23.2 Å². The summed E-state index contributed by atoms with van der Waals surface area (Å²) in [6, 6.07) is 10.1. The first-order valence-corrected chi connectivity index (χ1v) is 6.71. The molecule has 3 aromatic rings. The smallest absolute Gasteiger partial charge is 0.163 e.